The van der Waals surface area contributed by atoms with E-state index >= 15 is 0 Å². The quantitative estimate of drug-likeness (QED) is 0.770. The standard InChI is InChI=1S/C18H19NO3/c1-15(20)19(22-14-17-10-6-3-7-11-17)18(21)13-12-16-8-4-2-5-9-16/h2-11H,12-14H2,1H3. The molecule has 0 aliphatic heterocycles. The van der Waals surface area contributed by atoms with E-state index in [0.29, 0.717) is 6.42 Å². The molecule has 2 aromatic rings. The number of imide groups is 1. The summed E-state index contributed by atoms with van der Waals surface area (Å²) < 4.78 is 0. The van der Waals surface area contributed by atoms with E-state index in [2.05, 4.69) is 0 Å². The van der Waals surface area contributed by atoms with Gasteiger partial charge in [-0.15, -0.1) is 0 Å². The maximum Gasteiger partial charge on any atom is 0.253 e. The molecule has 0 spiro atoms. The van der Waals surface area contributed by atoms with Crippen molar-refractivity contribution in [3.05, 3.63) is 71.8 Å². The number of carbonyl (C=O) groups is 2. The Morgan fingerprint density at radius 1 is 0.909 bits per heavy atom. The van der Waals surface area contributed by atoms with Crippen LogP contribution < -0.4 is 0 Å². The molecule has 0 radical (unpaired) electrons. The number of rotatable bonds is 6. The lowest BCUT2D eigenvalue weighted by Gasteiger charge is -2.18. The summed E-state index contributed by atoms with van der Waals surface area (Å²) in [4.78, 5) is 29.1. The van der Waals surface area contributed by atoms with Gasteiger partial charge in [0.15, 0.2) is 0 Å². The molecule has 0 heterocycles. The molecule has 22 heavy (non-hydrogen) atoms. The van der Waals surface area contributed by atoms with Gasteiger partial charge in [-0.1, -0.05) is 60.7 Å². The Morgan fingerprint density at radius 3 is 2.00 bits per heavy atom. The number of hydrogen-bond acceptors (Lipinski definition) is 3. The number of nitrogens with zero attached hydrogens (tertiary/aromatic N) is 1. The van der Waals surface area contributed by atoms with Crippen molar-refractivity contribution in [3.63, 3.8) is 0 Å². The van der Waals surface area contributed by atoms with Gasteiger partial charge in [-0.05, 0) is 17.5 Å². The summed E-state index contributed by atoms with van der Waals surface area (Å²) in [5.74, 6) is -0.735. The average Bonchev–Trinajstić information content (AvgIpc) is 2.55. The van der Waals surface area contributed by atoms with E-state index in [9.17, 15) is 9.59 Å². The van der Waals surface area contributed by atoms with Crippen LogP contribution in [-0.4, -0.2) is 16.9 Å². The number of aryl methyl sites for hydroxylation is 1. The summed E-state index contributed by atoms with van der Waals surface area (Å²) in [7, 11) is 0. The highest BCUT2D eigenvalue weighted by atomic mass is 16.7. The highest BCUT2D eigenvalue weighted by Gasteiger charge is 2.19. The first-order valence-corrected chi connectivity index (χ1v) is 7.21. The van der Waals surface area contributed by atoms with Gasteiger partial charge in [0.2, 0.25) is 5.91 Å². The van der Waals surface area contributed by atoms with E-state index in [1.54, 1.807) is 0 Å². The summed E-state index contributed by atoms with van der Waals surface area (Å²) in [6, 6.07) is 19.1. The Morgan fingerprint density at radius 2 is 1.45 bits per heavy atom. The second kappa shape index (κ2) is 8.10. The van der Waals surface area contributed by atoms with Crippen molar-refractivity contribution >= 4 is 11.8 Å². The zero-order chi connectivity index (χ0) is 15.8. The Labute approximate surface area is 130 Å². The summed E-state index contributed by atoms with van der Waals surface area (Å²) in [5.41, 5.74) is 1.96. The second-order valence-electron chi connectivity index (χ2n) is 4.95. The third kappa shape index (κ3) is 4.82. The number of hydroxylamine groups is 2. The Kier molecular flexibility index (Phi) is 5.86. The third-order valence-electron chi connectivity index (χ3n) is 3.19. The first kappa shape index (κ1) is 15.9. The molecule has 0 atom stereocenters. The minimum Gasteiger partial charge on any atom is -0.272 e. The minimum atomic E-state index is -0.408. The van der Waals surface area contributed by atoms with Crippen LogP contribution in [0.2, 0.25) is 0 Å². The predicted molar refractivity (Wildman–Crippen MR) is 83.5 cm³/mol. The first-order chi connectivity index (χ1) is 10.7. The Balaban J connectivity index is 1.89. The third-order valence-corrected chi connectivity index (χ3v) is 3.19. The van der Waals surface area contributed by atoms with Crippen LogP contribution in [0.5, 0.6) is 0 Å². The summed E-state index contributed by atoms with van der Waals surface area (Å²) in [5, 5.41) is 0.857. The van der Waals surface area contributed by atoms with Crippen molar-refractivity contribution in [2.24, 2.45) is 0 Å². The molecule has 0 saturated heterocycles. The topological polar surface area (TPSA) is 46.6 Å². The molecule has 0 bridgehead atoms. The van der Waals surface area contributed by atoms with Gasteiger partial charge in [0.25, 0.3) is 5.91 Å². The molecule has 2 amide bonds. The minimum absolute atomic E-state index is 0.192. The van der Waals surface area contributed by atoms with E-state index in [1.807, 2.05) is 60.7 Å². The van der Waals surface area contributed by atoms with Crippen LogP contribution in [0.1, 0.15) is 24.5 Å². The Bertz CT molecular complexity index is 611. The van der Waals surface area contributed by atoms with Crippen LogP contribution in [0, 0.1) is 0 Å². The van der Waals surface area contributed by atoms with Gasteiger partial charge < -0.3 is 0 Å². The zero-order valence-corrected chi connectivity index (χ0v) is 12.6. The molecule has 0 N–H and O–H groups in total. The average molecular weight is 297 g/mol. The first-order valence-electron chi connectivity index (χ1n) is 7.21. The molecule has 4 nitrogen and oxygen atoms in total. The number of benzene rings is 2. The van der Waals surface area contributed by atoms with Crippen molar-refractivity contribution in [2.45, 2.75) is 26.4 Å². The molecule has 0 aliphatic carbocycles. The van der Waals surface area contributed by atoms with Gasteiger partial charge in [-0.25, -0.2) is 0 Å². The number of hydrogen-bond donors (Lipinski definition) is 0. The van der Waals surface area contributed by atoms with E-state index in [0.717, 1.165) is 16.2 Å². The summed E-state index contributed by atoms with van der Waals surface area (Å²) in [6.45, 7) is 1.52. The van der Waals surface area contributed by atoms with Gasteiger partial charge in [-0.2, -0.15) is 5.06 Å². The number of amides is 2. The molecule has 0 unspecified atom stereocenters. The van der Waals surface area contributed by atoms with Crippen molar-refractivity contribution in [2.75, 3.05) is 0 Å². The van der Waals surface area contributed by atoms with Gasteiger partial charge >= 0.3 is 0 Å². The van der Waals surface area contributed by atoms with Crippen LogP contribution in [0.3, 0.4) is 0 Å². The van der Waals surface area contributed by atoms with Gasteiger partial charge in [0.05, 0.1) is 0 Å². The van der Waals surface area contributed by atoms with Crippen molar-refractivity contribution in [3.8, 4) is 0 Å². The summed E-state index contributed by atoms with van der Waals surface area (Å²) >= 11 is 0. The maximum absolute atomic E-state index is 12.2. The smallest absolute Gasteiger partial charge is 0.253 e. The van der Waals surface area contributed by atoms with Crippen LogP contribution >= 0.6 is 0 Å². The zero-order valence-electron chi connectivity index (χ0n) is 12.6. The fourth-order valence-corrected chi connectivity index (χ4v) is 2.05. The van der Waals surface area contributed by atoms with Gasteiger partial charge in [0, 0.05) is 13.3 Å². The van der Waals surface area contributed by atoms with Gasteiger partial charge in [-0.3, -0.25) is 14.4 Å². The highest BCUT2D eigenvalue weighted by molar-refractivity contribution is 5.92. The van der Waals surface area contributed by atoms with Crippen LogP contribution in [0.25, 0.3) is 0 Å². The largest absolute Gasteiger partial charge is 0.272 e. The molecule has 4 heteroatoms. The molecule has 0 aliphatic rings. The molecule has 114 valence electrons. The summed E-state index contributed by atoms with van der Waals surface area (Å²) in [6.07, 6.45) is 0.816. The van der Waals surface area contributed by atoms with E-state index in [-0.39, 0.29) is 18.9 Å². The highest BCUT2D eigenvalue weighted by Crippen LogP contribution is 2.08. The fourth-order valence-electron chi connectivity index (χ4n) is 2.05. The fraction of sp³-hybridized carbons (Fsp3) is 0.222. The Hall–Kier alpha value is -2.46. The molecular formula is C18H19NO3. The maximum atomic E-state index is 12.2. The van der Waals surface area contributed by atoms with Crippen molar-refractivity contribution in [1.29, 1.82) is 0 Å². The molecule has 2 aromatic carbocycles. The van der Waals surface area contributed by atoms with E-state index in [4.69, 9.17) is 4.84 Å². The SMILES string of the molecule is CC(=O)N(OCc1ccccc1)C(=O)CCc1ccccc1. The molecule has 2 rings (SSSR count). The number of carbonyl (C=O) groups excluding carboxylic acids is 2. The van der Waals surface area contributed by atoms with Crippen LogP contribution in [-0.2, 0) is 27.5 Å². The molecular weight excluding hydrogens is 278 g/mol. The van der Waals surface area contributed by atoms with Crippen molar-refractivity contribution < 1.29 is 14.4 Å². The lowest BCUT2D eigenvalue weighted by Crippen LogP contribution is -2.35. The lowest BCUT2D eigenvalue weighted by molar-refractivity contribution is -0.197. The predicted octanol–water partition coefficient (Wildman–Crippen LogP) is 3.13. The van der Waals surface area contributed by atoms with Crippen molar-refractivity contribution in [1.82, 2.24) is 5.06 Å². The molecule has 0 saturated carbocycles. The lowest BCUT2D eigenvalue weighted by atomic mass is 10.1. The van der Waals surface area contributed by atoms with Crippen LogP contribution in [0.15, 0.2) is 60.7 Å². The normalized spacial score (nSPS) is 10.2. The van der Waals surface area contributed by atoms with Crippen LogP contribution in [0.4, 0.5) is 0 Å². The molecule has 0 aromatic heterocycles. The van der Waals surface area contributed by atoms with E-state index < -0.39 is 5.91 Å². The molecule has 0 fully saturated rings. The van der Waals surface area contributed by atoms with Gasteiger partial charge in [0.1, 0.15) is 6.61 Å². The second-order valence-corrected chi connectivity index (χ2v) is 4.95. The monoisotopic (exact) mass is 297 g/mol. The van der Waals surface area contributed by atoms with E-state index in [1.165, 1.54) is 6.92 Å².